The minimum Gasteiger partial charge on any atom is -0.319 e. The normalized spacial score (nSPS) is 10.8. The largest absolute Gasteiger partial charge is 0.319 e. The maximum absolute atomic E-state index is 13.6. The predicted molar refractivity (Wildman–Crippen MR) is 77.6 cm³/mol. The van der Waals surface area contributed by atoms with E-state index in [1.54, 1.807) is 43.0 Å². The van der Waals surface area contributed by atoms with Crippen LogP contribution in [0.15, 0.2) is 36.5 Å². The molecule has 21 heavy (non-hydrogen) atoms. The Balaban J connectivity index is 2.04. The lowest BCUT2D eigenvalue weighted by Crippen LogP contribution is -2.14. The van der Waals surface area contributed by atoms with Crippen molar-refractivity contribution >= 4 is 22.6 Å². The molecule has 0 aliphatic rings. The van der Waals surface area contributed by atoms with E-state index in [-0.39, 0.29) is 11.6 Å². The maximum atomic E-state index is 13.6. The van der Waals surface area contributed by atoms with Crippen molar-refractivity contribution in [3.05, 3.63) is 53.6 Å². The van der Waals surface area contributed by atoms with E-state index in [0.29, 0.717) is 22.3 Å². The zero-order chi connectivity index (χ0) is 15.0. The van der Waals surface area contributed by atoms with Crippen molar-refractivity contribution < 1.29 is 9.18 Å². The van der Waals surface area contributed by atoms with Crippen molar-refractivity contribution in [1.82, 2.24) is 14.8 Å². The Kier molecular flexibility index (Phi) is 3.13. The topological polar surface area (TPSA) is 59.8 Å². The number of rotatable bonds is 2. The molecule has 1 aromatic carbocycles. The second kappa shape index (κ2) is 4.97. The summed E-state index contributed by atoms with van der Waals surface area (Å²) in [5.41, 5.74) is 1.89. The number of pyridine rings is 1. The van der Waals surface area contributed by atoms with Crippen LogP contribution in [0.4, 0.5) is 10.1 Å². The number of anilines is 1. The predicted octanol–water partition coefficient (Wildman–Crippen LogP) is 2.67. The highest BCUT2D eigenvalue weighted by Gasteiger charge is 2.16. The van der Waals surface area contributed by atoms with Crippen LogP contribution in [0, 0.1) is 12.7 Å². The van der Waals surface area contributed by atoms with Gasteiger partial charge in [0.2, 0.25) is 0 Å². The Morgan fingerprint density at radius 3 is 2.86 bits per heavy atom. The zero-order valence-corrected chi connectivity index (χ0v) is 11.6. The number of halogens is 1. The number of para-hydroxylation sites is 1. The van der Waals surface area contributed by atoms with Crippen molar-refractivity contribution in [3.63, 3.8) is 0 Å². The SMILES string of the molecule is Cc1cc(C(=O)Nc2ccccc2F)c2cnn(C)c2n1. The molecule has 0 aliphatic carbocycles. The van der Waals surface area contributed by atoms with E-state index >= 15 is 0 Å². The molecule has 0 bridgehead atoms. The molecule has 1 N–H and O–H groups in total. The fourth-order valence-electron chi connectivity index (χ4n) is 2.18. The number of hydrogen-bond acceptors (Lipinski definition) is 3. The summed E-state index contributed by atoms with van der Waals surface area (Å²) in [5, 5.41) is 7.32. The Morgan fingerprint density at radius 2 is 2.10 bits per heavy atom. The van der Waals surface area contributed by atoms with E-state index in [4.69, 9.17) is 0 Å². The molecule has 0 fully saturated rings. The third-order valence-electron chi connectivity index (χ3n) is 3.20. The fourth-order valence-corrected chi connectivity index (χ4v) is 2.18. The standard InChI is InChI=1S/C15H13FN4O/c1-9-7-10(11-8-17-20(2)14(11)18-9)15(21)19-13-6-4-3-5-12(13)16/h3-8H,1-2H3,(H,19,21). The lowest BCUT2D eigenvalue weighted by atomic mass is 10.1. The molecule has 0 saturated heterocycles. The number of nitrogens with zero attached hydrogens (tertiary/aromatic N) is 3. The number of fused-ring (bicyclic) bond motifs is 1. The van der Waals surface area contributed by atoms with Crippen LogP contribution in [0.5, 0.6) is 0 Å². The van der Waals surface area contributed by atoms with Crippen LogP contribution in [-0.2, 0) is 7.05 Å². The summed E-state index contributed by atoms with van der Waals surface area (Å²) in [5.74, 6) is -0.859. The van der Waals surface area contributed by atoms with Gasteiger partial charge in [0.1, 0.15) is 5.82 Å². The first-order valence-electron chi connectivity index (χ1n) is 6.41. The van der Waals surface area contributed by atoms with Crippen molar-refractivity contribution in [3.8, 4) is 0 Å². The van der Waals surface area contributed by atoms with Gasteiger partial charge in [-0.2, -0.15) is 5.10 Å². The summed E-state index contributed by atoms with van der Waals surface area (Å²) in [6, 6.07) is 7.71. The molecule has 0 radical (unpaired) electrons. The smallest absolute Gasteiger partial charge is 0.256 e. The van der Waals surface area contributed by atoms with E-state index < -0.39 is 5.82 Å². The minimum absolute atomic E-state index is 0.147. The molecule has 3 rings (SSSR count). The van der Waals surface area contributed by atoms with E-state index in [2.05, 4.69) is 15.4 Å². The first kappa shape index (κ1) is 13.2. The molecular formula is C15H13FN4O. The number of carbonyl (C=O) groups excluding carboxylic acids is 1. The lowest BCUT2D eigenvalue weighted by Gasteiger charge is -2.08. The summed E-state index contributed by atoms with van der Waals surface area (Å²) in [6.45, 7) is 1.80. The summed E-state index contributed by atoms with van der Waals surface area (Å²) >= 11 is 0. The zero-order valence-electron chi connectivity index (χ0n) is 11.6. The number of benzene rings is 1. The fraction of sp³-hybridized carbons (Fsp3) is 0.133. The molecule has 1 amide bonds. The summed E-state index contributed by atoms with van der Waals surface area (Å²) in [6.07, 6.45) is 1.58. The Bertz CT molecular complexity index is 841. The molecule has 3 aromatic rings. The number of aromatic nitrogens is 3. The van der Waals surface area contributed by atoms with Gasteiger partial charge in [-0.25, -0.2) is 9.37 Å². The molecule has 5 nitrogen and oxygen atoms in total. The van der Waals surface area contributed by atoms with Gasteiger partial charge in [-0.05, 0) is 25.1 Å². The van der Waals surface area contributed by atoms with Gasteiger partial charge in [-0.3, -0.25) is 9.48 Å². The van der Waals surface area contributed by atoms with Crippen LogP contribution in [0.1, 0.15) is 16.1 Å². The van der Waals surface area contributed by atoms with Crippen LogP contribution < -0.4 is 5.32 Å². The third kappa shape index (κ3) is 2.35. The van der Waals surface area contributed by atoms with Crippen LogP contribution >= 0.6 is 0 Å². The Hall–Kier alpha value is -2.76. The van der Waals surface area contributed by atoms with Crippen LogP contribution in [0.3, 0.4) is 0 Å². The average Bonchev–Trinajstić information content (AvgIpc) is 2.82. The lowest BCUT2D eigenvalue weighted by molar-refractivity contribution is 0.102. The third-order valence-corrected chi connectivity index (χ3v) is 3.20. The summed E-state index contributed by atoms with van der Waals surface area (Å²) < 4.78 is 15.2. The van der Waals surface area contributed by atoms with E-state index in [1.165, 1.54) is 12.1 Å². The first-order valence-corrected chi connectivity index (χ1v) is 6.41. The molecular weight excluding hydrogens is 271 g/mol. The van der Waals surface area contributed by atoms with Gasteiger partial charge in [-0.15, -0.1) is 0 Å². The number of hydrogen-bond donors (Lipinski definition) is 1. The van der Waals surface area contributed by atoms with Gasteiger partial charge >= 0.3 is 0 Å². The van der Waals surface area contributed by atoms with Gasteiger partial charge < -0.3 is 5.32 Å². The Labute approximate surface area is 120 Å². The van der Waals surface area contributed by atoms with Crippen molar-refractivity contribution in [2.24, 2.45) is 7.05 Å². The Morgan fingerprint density at radius 1 is 1.33 bits per heavy atom. The van der Waals surface area contributed by atoms with Gasteiger partial charge in [-0.1, -0.05) is 12.1 Å². The summed E-state index contributed by atoms with van der Waals surface area (Å²) in [4.78, 5) is 16.7. The van der Waals surface area contributed by atoms with E-state index in [0.717, 1.165) is 0 Å². The average molecular weight is 284 g/mol. The second-order valence-corrected chi connectivity index (χ2v) is 4.75. The molecule has 0 aliphatic heterocycles. The highest BCUT2D eigenvalue weighted by atomic mass is 19.1. The number of aryl methyl sites for hydroxylation is 2. The maximum Gasteiger partial charge on any atom is 0.256 e. The molecule has 0 saturated carbocycles. The van der Waals surface area contributed by atoms with E-state index in [1.807, 2.05) is 0 Å². The van der Waals surface area contributed by atoms with Gasteiger partial charge in [0, 0.05) is 12.7 Å². The molecule has 106 valence electrons. The van der Waals surface area contributed by atoms with Gasteiger partial charge in [0.15, 0.2) is 5.65 Å². The highest BCUT2D eigenvalue weighted by molar-refractivity contribution is 6.12. The van der Waals surface area contributed by atoms with Crippen molar-refractivity contribution in [1.29, 1.82) is 0 Å². The van der Waals surface area contributed by atoms with Gasteiger partial charge in [0.25, 0.3) is 5.91 Å². The number of carbonyl (C=O) groups is 1. The van der Waals surface area contributed by atoms with Crippen molar-refractivity contribution in [2.75, 3.05) is 5.32 Å². The van der Waals surface area contributed by atoms with Crippen LogP contribution in [0.2, 0.25) is 0 Å². The quantitative estimate of drug-likeness (QED) is 0.787. The monoisotopic (exact) mass is 284 g/mol. The first-order chi connectivity index (χ1) is 10.1. The molecule has 6 heteroatoms. The minimum atomic E-state index is -0.473. The molecule has 2 aromatic heterocycles. The summed E-state index contributed by atoms with van der Waals surface area (Å²) in [7, 11) is 1.76. The van der Waals surface area contributed by atoms with E-state index in [9.17, 15) is 9.18 Å². The van der Waals surface area contributed by atoms with Crippen molar-refractivity contribution in [2.45, 2.75) is 6.92 Å². The highest BCUT2D eigenvalue weighted by Crippen LogP contribution is 2.20. The molecule has 0 unspecified atom stereocenters. The number of nitrogens with one attached hydrogen (secondary N) is 1. The van der Waals surface area contributed by atoms with Crippen LogP contribution in [0.25, 0.3) is 11.0 Å². The van der Waals surface area contributed by atoms with Gasteiger partial charge in [0.05, 0.1) is 22.8 Å². The number of amides is 1. The van der Waals surface area contributed by atoms with Crippen LogP contribution in [-0.4, -0.2) is 20.7 Å². The molecule has 0 atom stereocenters. The second-order valence-electron chi connectivity index (χ2n) is 4.75. The molecule has 2 heterocycles. The molecule has 0 spiro atoms.